The number of benzene rings is 2. The van der Waals surface area contributed by atoms with E-state index >= 15 is 0 Å². The van der Waals surface area contributed by atoms with E-state index in [0.29, 0.717) is 17.7 Å². The van der Waals surface area contributed by atoms with E-state index in [1.54, 1.807) is 42.6 Å². The average Bonchev–Trinajstić information content (AvgIpc) is 2.69. The van der Waals surface area contributed by atoms with Crippen LogP contribution in [0.4, 0.5) is 0 Å². The third kappa shape index (κ3) is 7.74. The van der Waals surface area contributed by atoms with Gasteiger partial charge in [0.05, 0.1) is 11.8 Å². The first kappa shape index (κ1) is 21.4. The third-order valence-corrected chi connectivity index (χ3v) is 4.29. The summed E-state index contributed by atoms with van der Waals surface area (Å²) in [5, 5.41) is 3.97. The first-order chi connectivity index (χ1) is 13.6. The second-order valence-corrected chi connectivity index (χ2v) is 6.78. The largest absolute Gasteiger partial charge is 0.423 e. The molecule has 0 aliphatic heterocycles. The van der Waals surface area contributed by atoms with Crippen LogP contribution in [0.15, 0.2) is 53.6 Å². The number of amides is 1. The van der Waals surface area contributed by atoms with Gasteiger partial charge in [-0.25, -0.2) is 10.2 Å². The van der Waals surface area contributed by atoms with E-state index in [0.717, 1.165) is 24.0 Å². The second kappa shape index (κ2) is 11.7. The van der Waals surface area contributed by atoms with Crippen molar-refractivity contribution in [2.45, 2.75) is 52.4 Å². The number of carbonyl (C=O) groups is 2. The lowest BCUT2D eigenvalue weighted by Gasteiger charge is -2.05. The number of aryl methyl sites for hydroxylation is 1. The van der Waals surface area contributed by atoms with E-state index in [4.69, 9.17) is 4.74 Å². The molecule has 28 heavy (non-hydrogen) atoms. The van der Waals surface area contributed by atoms with Crippen LogP contribution in [0.25, 0.3) is 0 Å². The fourth-order valence-electron chi connectivity index (χ4n) is 2.60. The molecule has 0 saturated carbocycles. The zero-order chi connectivity index (χ0) is 20.2. The molecule has 0 radical (unpaired) electrons. The normalized spacial score (nSPS) is 10.8. The number of ether oxygens (including phenoxy) is 1. The predicted molar refractivity (Wildman–Crippen MR) is 112 cm³/mol. The molecule has 0 spiro atoms. The second-order valence-electron chi connectivity index (χ2n) is 6.78. The minimum absolute atomic E-state index is 0.0728. The van der Waals surface area contributed by atoms with Gasteiger partial charge >= 0.3 is 5.97 Å². The van der Waals surface area contributed by atoms with E-state index in [1.165, 1.54) is 19.3 Å². The fraction of sp³-hybridized carbons (Fsp3) is 0.348. The van der Waals surface area contributed by atoms with E-state index in [1.807, 2.05) is 19.1 Å². The number of nitrogens with zero attached hydrogens (tertiary/aromatic N) is 1. The number of carbonyl (C=O) groups excluding carboxylic acids is 2. The van der Waals surface area contributed by atoms with E-state index in [2.05, 4.69) is 17.5 Å². The Kier molecular flexibility index (Phi) is 8.92. The van der Waals surface area contributed by atoms with Crippen LogP contribution in [-0.2, 0) is 4.79 Å². The standard InChI is InChI=1S/C23H28N2O3/c1-3-4-5-6-7-8-22(26)25-24-17-19-11-15-21(16-12-19)28-23(27)20-13-9-18(2)10-14-20/h9-17H,3-8H2,1-2H3,(H,25,26)/b24-17+. The first-order valence-corrected chi connectivity index (χ1v) is 9.79. The van der Waals surface area contributed by atoms with Gasteiger partial charge in [-0.3, -0.25) is 4.79 Å². The smallest absolute Gasteiger partial charge is 0.343 e. The molecule has 0 aliphatic rings. The van der Waals surface area contributed by atoms with Crippen LogP contribution in [0.1, 0.15) is 66.9 Å². The Hall–Kier alpha value is -2.95. The molecule has 5 nitrogen and oxygen atoms in total. The van der Waals surface area contributed by atoms with Crippen molar-refractivity contribution < 1.29 is 14.3 Å². The Labute approximate surface area is 166 Å². The lowest BCUT2D eigenvalue weighted by molar-refractivity contribution is -0.121. The highest BCUT2D eigenvalue weighted by atomic mass is 16.5. The van der Waals surface area contributed by atoms with Gasteiger partial charge in [0.25, 0.3) is 0 Å². The topological polar surface area (TPSA) is 67.8 Å². The summed E-state index contributed by atoms with van der Waals surface area (Å²) < 4.78 is 5.36. The van der Waals surface area contributed by atoms with E-state index < -0.39 is 5.97 Å². The highest BCUT2D eigenvalue weighted by Crippen LogP contribution is 2.14. The summed E-state index contributed by atoms with van der Waals surface area (Å²) in [5.74, 6) is -0.0112. The molecule has 148 valence electrons. The Morgan fingerprint density at radius 3 is 2.32 bits per heavy atom. The molecule has 0 saturated heterocycles. The SMILES string of the molecule is CCCCCCCC(=O)N/N=C/c1ccc(OC(=O)c2ccc(C)cc2)cc1. The van der Waals surface area contributed by atoms with Crippen molar-refractivity contribution in [2.75, 3.05) is 0 Å². The van der Waals surface area contributed by atoms with Crippen LogP contribution >= 0.6 is 0 Å². The summed E-state index contributed by atoms with van der Waals surface area (Å²) in [4.78, 5) is 23.8. The van der Waals surface area contributed by atoms with Gasteiger partial charge in [0.15, 0.2) is 0 Å². The van der Waals surface area contributed by atoms with Gasteiger partial charge in [-0.2, -0.15) is 5.10 Å². The monoisotopic (exact) mass is 380 g/mol. The minimum atomic E-state index is -0.396. The molecule has 1 N–H and O–H groups in total. The molecule has 0 unspecified atom stereocenters. The van der Waals surface area contributed by atoms with E-state index in [9.17, 15) is 9.59 Å². The number of hydrogen-bond donors (Lipinski definition) is 1. The van der Waals surface area contributed by atoms with E-state index in [-0.39, 0.29) is 5.91 Å². The van der Waals surface area contributed by atoms with Gasteiger partial charge in [0.2, 0.25) is 5.91 Å². The maximum absolute atomic E-state index is 12.1. The Balaban J connectivity index is 1.75. The van der Waals surface area contributed by atoms with Gasteiger partial charge in [-0.15, -0.1) is 0 Å². The van der Waals surface area contributed by atoms with Crippen molar-refractivity contribution in [3.8, 4) is 5.75 Å². The molecule has 1 amide bonds. The summed E-state index contributed by atoms with van der Waals surface area (Å²) in [6.45, 7) is 4.13. The van der Waals surface area contributed by atoms with Gasteiger partial charge < -0.3 is 4.74 Å². The van der Waals surface area contributed by atoms with Crippen molar-refractivity contribution in [1.82, 2.24) is 5.43 Å². The Bertz CT molecular complexity index is 780. The number of rotatable bonds is 10. The van der Waals surface area contributed by atoms with Crippen molar-refractivity contribution in [1.29, 1.82) is 0 Å². The minimum Gasteiger partial charge on any atom is -0.423 e. The maximum Gasteiger partial charge on any atom is 0.343 e. The molecule has 0 aromatic heterocycles. The van der Waals surface area contributed by atoms with Crippen molar-refractivity contribution >= 4 is 18.1 Å². The summed E-state index contributed by atoms with van der Waals surface area (Å²) in [6, 6.07) is 14.2. The number of esters is 1. The van der Waals surface area contributed by atoms with Gasteiger partial charge in [-0.05, 0) is 55.3 Å². The molecule has 0 aliphatic carbocycles. The zero-order valence-electron chi connectivity index (χ0n) is 16.6. The summed E-state index contributed by atoms with van der Waals surface area (Å²) in [7, 11) is 0. The van der Waals surface area contributed by atoms with Crippen LogP contribution in [0.3, 0.4) is 0 Å². The molecule has 2 rings (SSSR count). The molecule has 0 heterocycles. The molecule has 0 atom stereocenters. The van der Waals surface area contributed by atoms with Gasteiger partial charge in [0, 0.05) is 6.42 Å². The zero-order valence-corrected chi connectivity index (χ0v) is 16.6. The van der Waals surface area contributed by atoms with Gasteiger partial charge in [-0.1, -0.05) is 50.3 Å². The lowest BCUT2D eigenvalue weighted by Crippen LogP contribution is -2.16. The Morgan fingerprint density at radius 1 is 0.964 bits per heavy atom. The van der Waals surface area contributed by atoms with Crippen LogP contribution in [0, 0.1) is 6.92 Å². The molecule has 5 heteroatoms. The lowest BCUT2D eigenvalue weighted by atomic mass is 10.1. The number of hydrogen-bond acceptors (Lipinski definition) is 4. The van der Waals surface area contributed by atoms with Crippen molar-refractivity contribution in [3.05, 3.63) is 65.2 Å². The predicted octanol–water partition coefficient (Wildman–Crippen LogP) is 5.02. The highest BCUT2D eigenvalue weighted by Gasteiger charge is 2.08. The van der Waals surface area contributed by atoms with Crippen molar-refractivity contribution in [2.24, 2.45) is 5.10 Å². The molecule has 0 bridgehead atoms. The highest BCUT2D eigenvalue weighted by molar-refractivity contribution is 5.91. The number of nitrogens with one attached hydrogen (secondary N) is 1. The Morgan fingerprint density at radius 2 is 1.64 bits per heavy atom. The molecule has 2 aromatic carbocycles. The van der Waals surface area contributed by atoms with Crippen LogP contribution in [0.2, 0.25) is 0 Å². The van der Waals surface area contributed by atoms with Gasteiger partial charge in [0.1, 0.15) is 5.75 Å². The number of hydrazone groups is 1. The fourth-order valence-corrected chi connectivity index (χ4v) is 2.60. The van der Waals surface area contributed by atoms with Crippen LogP contribution in [0.5, 0.6) is 5.75 Å². The summed E-state index contributed by atoms with van der Waals surface area (Å²) >= 11 is 0. The maximum atomic E-state index is 12.1. The first-order valence-electron chi connectivity index (χ1n) is 9.79. The quantitative estimate of drug-likeness (QED) is 0.207. The number of unbranched alkanes of at least 4 members (excludes halogenated alkanes) is 4. The van der Waals surface area contributed by atoms with Crippen LogP contribution < -0.4 is 10.2 Å². The van der Waals surface area contributed by atoms with Crippen LogP contribution in [-0.4, -0.2) is 18.1 Å². The average molecular weight is 380 g/mol. The third-order valence-electron chi connectivity index (χ3n) is 4.29. The molecule has 0 fully saturated rings. The van der Waals surface area contributed by atoms with Crippen molar-refractivity contribution in [3.63, 3.8) is 0 Å². The molecule has 2 aromatic rings. The summed E-state index contributed by atoms with van der Waals surface area (Å²) in [5.41, 5.74) is 4.94. The summed E-state index contributed by atoms with van der Waals surface area (Å²) in [6.07, 6.45) is 7.62. The molecular weight excluding hydrogens is 352 g/mol. The molecular formula is C23H28N2O3.